The van der Waals surface area contributed by atoms with Crippen LogP contribution in [0.4, 0.5) is 5.69 Å². The van der Waals surface area contributed by atoms with Gasteiger partial charge >= 0.3 is 5.97 Å². The number of anilines is 1. The highest BCUT2D eigenvalue weighted by Gasteiger charge is 2.21. The first kappa shape index (κ1) is 19.9. The molecule has 0 fully saturated rings. The Balaban J connectivity index is 2.22. The summed E-state index contributed by atoms with van der Waals surface area (Å²) in [6, 6.07) is 9.10. The van der Waals surface area contributed by atoms with Crippen LogP contribution in [0.1, 0.15) is 30.6 Å². The number of hydrogen-bond donors (Lipinski definition) is 2. The largest absolute Gasteiger partial charge is 0.481 e. The molecule has 1 aromatic carbocycles. The second kappa shape index (κ2) is 8.33. The molecule has 0 aliphatic rings. The molecule has 0 aliphatic carbocycles. The van der Waals surface area contributed by atoms with Crippen molar-refractivity contribution in [3.8, 4) is 0 Å². The highest BCUT2D eigenvalue weighted by Crippen LogP contribution is 2.21. The Morgan fingerprint density at radius 3 is 2.54 bits per heavy atom. The Hall–Kier alpha value is -2.39. The SMILES string of the molecule is CC(C)N(CCC(=O)O)C(=O)c1cccc(NS(=O)(=O)c2cccs2)c1. The number of benzene rings is 1. The molecule has 26 heavy (non-hydrogen) atoms. The third kappa shape index (κ3) is 5.06. The van der Waals surface area contributed by atoms with Crippen LogP contribution in [0, 0.1) is 0 Å². The van der Waals surface area contributed by atoms with Gasteiger partial charge in [-0.05, 0) is 43.5 Å². The number of aliphatic carboxylic acids is 1. The summed E-state index contributed by atoms with van der Waals surface area (Å²) in [5.41, 5.74) is 0.557. The molecule has 0 radical (unpaired) electrons. The fourth-order valence-corrected chi connectivity index (χ4v) is 4.36. The number of amides is 1. The zero-order valence-corrected chi connectivity index (χ0v) is 16.0. The van der Waals surface area contributed by atoms with Crippen molar-refractivity contribution in [3.05, 3.63) is 47.3 Å². The Bertz CT molecular complexity index is 876. The van der Waals surface area contributed by atoms with E-state index >= 15 is 0 Å². The van der Waals surface area contributed by atoms with Gasteiger partial charge in [0.2, 0.25) is 0 Å². The van der Waals surface area contributed by atoms with Crippen LogP contribution in [0.2, 0.25) is 0 Å². The van der Waals surface area contributed by atoms with Crippen molar-refractivity contribution in [2.24, 2.45) is 0 Å². The summed E-state index contributed by atoms with van der Waals surface area (Å²) in [6.45, 7) is 3.67. The van der Waals surface area contributed by atoms with E-state index < -0.39 is 16.0 Å². The number of carboxylic acid groups (broad SMARTS) is 1. The summed E-state index contributed by atoms with van der Waals surface area (Å²) in [5, 5.41) is 10.5. The number of sulfonamides is 1. The number of nitrogens with zero attached hydrogens (tertiary/aromatic N) is 1. The predicted molar refractivity (Wildman–Crippen MR) is 100.0 cm³/mol. The van der Waals surface area contributed by atoms with Gasteiger partial charge in [-0.2, -0.15) is 0 Å². The van der Waals surface area contributed by atoms with E-state index in [1.165, 1.54) is 17.0 Å². The fourth-order valence-electron chi connectivity index (χ4n) is 2.31. The Morgan fingerprint density at radius 2 is 1.96 bits per heavy atom. The molecule has 2 N–H and O–H groups in total. The molecule has 2 aromatic rings. The van der Waals surface area contributed by atoms with E-state index in [0.717, 1.165) is 11.3 Å². The molecule has 140 valence electrons. The van der Waals surface area contributed by atoms with Gasteiger partial charge < -0.3 is 10.0 Å². The average molecular weight is 396 g/mol. The molecular formula is C17H20N2O5S2. The van der Waals surface area contributed by atoms with Crippen molar-refractivity contribution < 1.29 is 23.1 Å². The second-order valence-corrected chi connectivity index (χ2v) is 8.71. The molecule has 0 unspecified atom stereocenters. The zero-order chi connectivity index (χ0) is 19.3. The number of nitrogens with one attached hydrogen (secondary N) is 1. The quantitative estimate of drug-likeness (QED) is 0.714. The summed E-state index contributed by atoms with van der Waals surface area (Å²) in [4.78, 5) is 24.9. The van der Waals surface area contributed by atoms with Crippen LogP contribution in [0.5, 0.6) is 0 Å². The van der Waals surface area contributed by atoms with Crippen molar-refractivity contribution >= 4 is 38.9 Å². The van der Waals surface area contributed by atoms with E-state index in [2.05, 4.69) is 4.72 Å². The summed E-state index contributed by atoms with van der Waals surface area (Å²) in [6.07, 6.45) is -0.158. The molecular weight excluding hydrogens is 376 g/mol. The molecule has 0 atom stereocenters. The normalized spacial score (nSPS) is 11.3. The number of rotatable bonds is 8. The van der Waals surface area contributed by atoms with Gasteiger partial charge in [0.15, 0.2) is 0 Å². The van der Waals surface area contributed by atoms with Crippen molar-refractivity contribution in [1.82, 2.24) is 4.90 Å². The third-order valence-corrected chi connectivity index (χ3v) is 6.35. The van der Waals surface area contributed by atoms with Gasteiger partial charge in [-0.3, -0.25) is 14.3 Å². The van der Waals surface area contributed by atoms with E-state index in [9.17, 15) is 18.0 Å². The lowest BCUT2D eigenvalue weighted by Crippen LogP contribution is -2.38. The molecule has 0 saturated heterocycles. The zero-order valence-electron chi connectivity index (χ0n) is 14.4. The van der Waals surface area contributed by atoms with Crippen molar-refractivity contribution in [3.63, 3.8) is 0 Å². The molecule has 2 rings (SSSR count). The minimum Gasteiger partial charge on any atom is -0.481 e. The van der Waals surface area contributed by atoms with Crippen molar-refractivity contribution in [2.75, 3.05) is 11.3 Å². The molecule has 1 heterocycles. The molecule has 1 aromatic heterocycles. The minimum atomic E-state index is -3.70. The van der Waals surface area contributed by atoms with Gasteiger partial charge in [-0.15, -0.1) is 11.3 Å². The fraction of sp³-hybridized carbons (Fsp3) is 0.294. The second-order valence-electron chi connectivity index (χ2n) is 5.85. The predicted octanol–water partition coefficient (Wildman–Crippen LogP) is 2.87. The van der Waals surface area contributed by atoms with E-state index in [1.807, 2.05) is 0 Å². The summed E-state index contributed by atoms with van der Waals surface area (Å²) in [5.74, 6) is -1.33. The lowest BCUT2D eigenvalue weighted by molar-refractivity contribution is -0.137. The van der Waals surface area contributed by atoms with E-state index in [-0.39, 0.29) is 40.4 Å². The monoisotopic (exact) mass is 396 g/mol. The molecule has 0 bridgehead atoms. The van der Waals surface area contributed by atoms with Crippen LogP contribution >= 0.6 is 11.3 Å². The van der Waals surface area contributed by atoms with Gasteiger partial charge in [0, 0.05) is 23.8 Å². The Morgan fingerprint density at radius 1 is 1.23 bits per heavy atom. The number of thiophene rings is 1. The van der Waals surface area contributed by atoms with Crippen LogP contribution < -0.4 is 4.72 Å². The minimum absolute atomic E-state index is 0.0803. The summed E-state index contributed by atoms with van der Waals surface area (Å²) in [7, 11) is -3.70. The molecule has 0 aliphatic heterocycles. The van der Waals surface area contributed by atoms with Gasteiger partial charge in [0.1, 0.15) is 4.21 Å². The van der Waals surface area contributed by atoms with Gasteiger partial charge in [-0.25, -0.2) is 8.42 Å². The Kier molecular flexibility index (Phi) is 6.38. The standard InChI is InChI=1S/C17H20N2O5S2/c1-12(2)19(9-8-15(20)21)17(22)13-5-3-6-14(11-13)18-26(23,24)16-7-4-10-25-16/h3-7,10-12,18H,8-9H2,1-2H3,(H,20,21). The van der Waals surface area contributed by atoms with Crippen LogP contribution in [0.3, 0.4) is 0 Å². The maximum atomic E-state index is 12.7. The highest BCUT2D eigenvalue weighted by atomic mass is 32.2. The number of carbonyl (C=O) groups is 2. The third-order valence-electron chi connectivity index (χ3n) is 3.57. The van der Waals surface area contributed by atoms with E-state index in [4.69, 9.17) is 5.11 Å². The topological polar surface area (TPSA) is 104 Å². The lowest BCUT2D eigenvalue weighted by Gasteiger charge is -2.26. The highest BCUT2D eigenvalue weighted by molar-refractivity contribution is 7.94. The molecule has 7 nitrogen and oxygen atoms in total. The number of carbonyl (C=O) groups excluding carboxylic acids is 1. The van der Waals surface area contributed by atoms with Crippen molar-refractivity contribution in [1.29, 1.82) is 0 Å². The molecule has 9 heteroatoms. The maximum Gasteiger partial charge on any atom is 0.305 e. The lowest BCUT2D eigenvalue weighted by atomic mass is 10.1. The molecule has 0 saturated carbocycles. The number of carboxylic acids is 1. The molecule has 0 spiro atoms. The van der Waals surface area contributed by atoms with Crippen LogP contribution in [0.15, 0.2) is 46.0 Å². The van der Waals surface area contributed by atoms with Gasteiger partial charge in [-0.1, -0.05) is 12.1 Å². The van der Waals surface area contributed by atoms with Crippen molar-refractivity contribution in [2.45, 2.75) is 30.5 Å². The van der Waals surface area contributed by atoms with Gasteiger partial charge in [0.05, 0.1) is 6.42 Å². The van der Waals surface area contributed by atoms with E-state index in [0.29, 0.717) is 0 Å². The number of hydrogen-bond acceptors (Lipinski definition) is 5. The van der Waals surface area contributed by atoms with E-state index in [1.54, 1.807) is 43.5 Å². The first-order valence-corrected chi connectivity index (χ1v) is 10.3. The first-order valence-electron chi connectivity index (χ1n) is 7.90. The first-order chi connectivity index (χ1) is 12.2. The summed E-state index contributed by atoms with van der Waals surface area (Å²) >= 11 is 1.10. The molecule has 1 amide bonds. The average Bonchev–Trinajstić information content (AvgIpc) is 3.09. The Labute approximate surface area is 156 Å². The van der Waals surface area contributed by atoms with Crippen LogP contribution in [-0.4, -0.2) is 42.9 Å². The van der Waals surface area contributed by atoms with Crippen LogP contribution in [-0.2, 0) is 14.8 Å². The summed E-state index contributed by atoms with van der Waals surface area (Å²) < 4.78 is 27.2. The smallest absolute Gasteiger partial charge is 0.305 e. The van der Waals surface area contributed by atoms with Gasteiger partial charge in [0.25, 0.3) is 15.9 Å². The maximum absolute atomic E-state index is 12.7. The van der Waals surface area contributed by atoms with Crippen LogP contribution in [0.25, 0.3) is 0 Å².